The molecular weight excluding hydrogens is 377 g/mol. The summed E-state index contributed by atoms with van der Waals surface area (Å²) in [6.07, 6.45) is 1.83. The number of rotatable bonds is 7. The van der Waals surface area contributed by atoms with E-state index >= 15 is 0 Å². The molecule has 1 fully saturated rings. The molecule has 1 heterocycles. The molecule has 1 saturated heterocycles. The largest absolute Gasteiger partial charge is 0.341 e. The number of hydrogen-bond acceptors (Lipinski definition) is 3. The van der Waals surface area contributed by atoms with E-state index in [1.54, 1.807) is 24.0 Å². The highest BCUT2D eigenvalue weighted by Crippen LogP contribution is 2.34. The number of nitrogens with one attached hydrogen (secondary N) is 1. The zero-order valence-corrected chi connectivity index (χ0v) is 16.7. The number of unbranched alkanes of at least 4 members (excludes halogenated alkanes) is 1. The number of benzene rings is 1. The minimum absolute atomic E-state index is 0.254. The van der Waals surface area contributed by atoms with E-state index < -0.39 is 17.5 Å². The van der Waals surface area contributed by atoms with Crippen LogP contribution in [-0.2, 0) is 15.1 Å². The second kappa shape index (κ2) is 8.27. The molecular formula is C18H23Cl2N3O3. The van der Waals surface area contributed by atoms with Crippen molar-refractivity contribution in [1.29, 1.82) is 0 Å². The first-order valence-corrected chi connectivity index (χ1v) is 9.37. The van der Waals surface area contributed by atoms with Gasteiger partial charge in [-0.25, -0.2) is 4.79 Å². The summed E-state index contributed by atoms with van der Waals surface area (Å²) in [6.45, 7) is 6.33. The predicted octanol–water partition coefficient (Wildman–Crippen LogP) is 3.41. The number of nitrogens with zero attached hydrogens (tertiary/aromatic N) is 2. The standard InChI is InChI=1S/C18H23Cl2N3O3/c1-4-6-9-22(5-2)15(24)11-23-16(25)18(3,21-17(23)26)13-8-7-12(19)10-14(13)20/h7-8,10H,4-6,9,11H2,1-3H3,(H,21,26)/t18-/m0/s1. The van der Waals surface area contributed by atoms with E-state index in [2.05, 4.69) is 5.32 Å². The molecule has 0 saturated carbocycles. The van der Waals surface area contributed by atoms with Gasteiger partial charge in [0.05, 0.1) is 0 Å². The van der Waals surface area contributed by atoms with Crippen molar-refractivity contribution in [2.24, 2.45) is 0 Å². The van der Waals surface area contributed by atoms with Gasteiger partial charge in [-0.15, -0.1) is 0 Å². The van der Waals surface area contributed by atoms with Crippen molar-refractivity contribution in [3.63, 3.8) is 0 Å². The number of hydrogen-bond donors (Lipinski definition) is 1. The van der Waals surface area contributed by atoms with Crippen molar-refractivity contribution in [1.82, 2.24) is 15.1 Å². The van der Waals surface area contributed by atoms with Crippen LogP contribution in [0.2, 0.25) is 10.0 Å². The molecule has 26 heavy (non-hydrogen) atoms. The third kappa shape index (κ3) is 3.96. The van der Waals surface area contributed by atoms with Crippen LogP contribution < -0.4 is 5.32 Å². The summed E-state index contributed by atoms with van der Waals surface area (Å²) in [4.78, 5) is 40.4. The summed E-state index contributed by atoms with van der Waals surface area (Å²) in [5.41, 5.74) is -0.894. The van der Waals surface area contributed by atoms with Crippen LogP contribution in [0.25, 0.3) is 0 Å². The van der Waals surface area contributed by atoms with Gasteiger partial charge in [0.25, 0.3) is 5.91 Å². The zero-order valence-electron chi connectivity index (χ0n) is 15.1. The van der Waals surface area contributed by atoms with E-state index in [-0.39, 0.29) is 17.5 Å². The molecule has 0 aliphatic carbocycles. The Bertz CT molecular complexity index is 726. The summed E-state index contributed by atoms with van der Waals surface area (Å²) in [7, 11) is 0. The molecule has 1 atom stereocenters. The van der Waals surface area contributed by atoms with E-state index in [9.17, 15) is 14.4 Å². The molecule has 8 heteroatoms. The maximum absolute atomic E-state index is 12.9. The van der Waals surface area contributed by atoms with Gasteiger partial charge in [-0.05, 0) is 32.4 Å². The summed E-state index contributed by atoms with van der Waals surface area (Å²) in [5, 5.41) is 3.36. The molecule has 0 spiro atoms. The smallest absolute Gasteiger partial charge is 0.325 e. The summed E-state index contributed by atoms with van der Waals surface area (Å²) in [5.74, 6) is -0.762. The van der Waals surface area contributed by atoms with Crippen LogP contribution in [-0.4, -0.2) is 47.3 Å². The van der Waals surface area contributed by atoms with E-state index in [1.807, 2.05) is 13.8 Å². The molecule has 6 nitrogen and oxygen atoms in total. The number of likely N-dealkylation sites (N-methyl/N-ethyl adjacent to an activating group) is 1. The van der Waals surface area contributed by atoms with Crippen molar-refractivity contribution in [2.45, 2.75) is 39.2 Å². The summed E-state index contributed by atoms with van der Waals surface area (Å²) >= 11 is 12.1. The van der Waals surface area contributed by atoms with E-state index in [4.69, 9.17) is 23.2 Å². The van der Waals surface area contributed by atoms with Crippen molar-refractivity contribution >= 4 is 41.0 Å². The monoisotopic (exact) mass is 399 g/mol. The van der Waals surface area contributed by atoms with Gasteiger partial charge in [-0.3, -0.25) is 14.5 Å². The highest BCUT2D eigenvalue weighted by molar-refractivity contribution is 6.35. The highest BCUT2D eigenvalue weighted by Gasteiger charge is 2.50. The molecule has 1 aromatic rings. The van der Waals surface area contributed by atoms with Gasteiger partial charge in [0, 0.05) is 28.7 Å². The Kier molecular flexibility index (Phi) is 6.53. The van der Waals surface area contributed by atoms with Gasteiger partial charge in [-0.1, -0.05) is 42.6 Å². The molecule has 142 valence electrons. The predicted molar refractivity (Wildman–Crippen MR) is 101 cm³/mol. The van der Waals surface area contributed by atoms with Crippen molar-refractivity contribution in [2.75, 3.05) is 19.6 Å². The van der Waals surface area contributed by atoms with Crippen LogP contribution in [0.1, 0.15) is 39.2 Å². The van der Waals surface area contributed by atoms with E-state index in [0.717, 1.165) is 17.7 Å². The van der Waals surface area contributed by atoms with Crippen LogP contribution in [0, 0.1) is 0 Å². The zero-order chi connectivity index (χ0) is 19.5. The normalized spacial score (nSPS) is 19.7. The third-order valence-electron chi connectivity index (χ3n) is 4.55. The summed E-state index contributed by atoms with van der Waals surface area (Å²) in [6, 6.07) is 4.11. The molecule has 0 aromatic heterocycles. The fourth-order valence-corrected chi connectivity index (χ4v) is 3.56. The van der Waals surface area contributed by atoms with E-state index in [1.165, 1.54) is 6.07 Å². The Balaban J connectivity index is 2.21. The van der Waals surface area contributed by atoms with Crippen LogP contribution in [0.15, 0.2) is 18.2 Å². The van der Waals surface area contributed by atoms with Crippen molar-refractivity contribution in [3.05, 3.63) is 33.8 Å². The number of carbonyl (C=O) groups excluding carboxylic acids is 3. The maximum atomic E-state index is 12.9. The minimum Gasteiger partial charge on any atom is -0.341 e. The lowest BCUT2D eigenvalue weighted by Crippen LogP contribution is -2.44. The quantitative estimate of drug-likeness (QED) is 0.714. The van der Waals surface area contributed by atoms with Crippen molar-refractivity contribution in [3.8, 4) is 0 Å². The number of imide groups is 1. The first-order chi connectivity index (χ1) is 12.2. The van der Waals surface area contributed by atoms with Gasteiger partial charge < -0.3 is 10.2 Å². The Labute approximate surface area is 163 Å². The lowest BCUT2D eigenvalue weighted by atomic mass is 9.92. The molecule has 1 aliphatic heterocycles. The Hall–Kier alpha value is -1.79. The average Bonchev–Trinajstić information content (AvgIpc) is 2.79. The first-order valence-electron chi connectivity index (χ1n) is 8.62. The van der Waals surface area contributed by atoms with Gasteiger partial charge >= 0.3 is 6.03 Å². The van der Waals surface area contributed by atoms with E-state index in [0.29, 0.717) is 23.7 Å². The Morgan fingerprint density at radius 1 is 1.27 bits per heavy atom. The van der Waals surface area contributed by atoms with Crippen LogP contribution in [0.4, 0.5) is 4.79 Å². The topological polar surface area (TPSA) is 69.7 Å². The fraction of sp³-hybridized carbons (Fsp3) is 0.500. The number of urea groups is 1. The molecule has 1 aliphatic rings. The molecule has 4 amide bonds. The van der Waals surface area contributed by atoms with Gasteiger partial charge in [-0.2, -0.15) is 0 Å². The van der Waals surface area contributed by atoms with Crippen molar-refractivity contribution < 1.29 is 14.4 Å². The van der Waals surface area contributed by atoms with Gasteiger partial charge in [0.1, 0.15) is 12.1 Å². The molecule has 2 rings (SSSR count). The molecule has 0 unspecified atom stereocenters. The minimum atomic E-state index is -1.33. The first kappa shape index (κ1) is 20.5. The SMILES string of the molecule is CCCCN(CC)C(=O)CN1C(=O)N[C@@](C)(c2ccc(Cl)cc2Cl)C1=O. The molecule has 0 radical (unpaired) electrons. The number of halogens is 2. The Morgan fingerprint density at radius 3 is 2.54 bits per heavy atom. The molecule has 1 N–H and O–H groups in total. The molecule has 0 bridgehead atoms. The fourth-order valence-electron chi connectivity index (χ4n) is 2.96. The number of carbonyl (C=O) groups is 3. The summed E-state index contributed by atoms with van der Waals surface area (Å²) < 4.78 is 0. The molecule has 1 aromatic carbocycles. The van der Waals surface area contributed by atoms with Gasteiger partial charge in [0.2, 0.25) is 5.91 Å². The number of amides is 4. The Morgan fingerprint density at radius 2 is 1.96 bits per heavy atom. The lowest BCUT2D eigenvalue weighted by molar-refractivity contribution is -0.138. The maximum Gasteiger partial charge on any atom is 0.325 e. The second-order valence-electron chi connectivity index (χ2n) is 6.40. The van der Waals surface area contributed by atoms with Crippen LogP contribution in [0.5, 0.6) is 0 Å². The van der Waals surface area contributed by atoms with Crippen LogP contribution >= 0.6 is 23.2 Å². The third-order valence-corrected chi connectivity index (χ3v) is 5.10. The second-order valence-corrected chi connectivity index (χ2v) is 7.24. The highest BCUT2D eigenvalue weighted by atomic mass is 35.5. The average molecular weight is 400 g/mol. The van der Waals surface area contributed by atoms with Gasteiger partial charge in [0.15, 0.2) is 0 Å². The lowest BCUT2D eigenvalue weighted by Gasteiger charge is -2.25. The van der Waals surface area contributed by atoms with Crippen LogP contribution in [0.3, 0.4) is 0 Å².